The summed E-state index contributed by atoms with van der Waals surface area (Å²) in [6, 6.07) is 0. The van der Waals surface area contributed by atoms with Crippen molar-refractivity contribution in [2.75, 3.05) is 10.7 Å². The molecule has 0 saturated carbocycles. The second-order valence-electron chi connectivity index (χ2n) is 4.10. The van der Waals surface area contributed by atoms with Crippen LogP contribution in [-0.2, 0) is 13.6 Å². The van der Waals surface area contributed by atoms with Gasteiger partial charge in [-0.15, -0.1) is 0 Å². The summed E-state index contributed by atoms with van der Waals surface area (Å²) in [6.07, 6.45) is 2.93. The number of hydrogen-bond donors (Lipinski definition) is 3. The second kappa shape index (κ2) is 5.48. The first-order valence-corrected chi connectivity index (χ1v) is 5.72. The van der Waals surface area contributed by atoms with Gasteiger partial charge in [0.05, 0.1) is 10.6 Å². The molecule has 10 heteroatoms. The van der Waals surface area contributed by atoms with E-state index in [-0.39, 0.29) is 17.5 Å². The normalized spacial score (nSPS) is 10.3. The van der Waals surface area contributed by atoms with Gasteiger partial charge in [0, 0.05) is 25.4 Å². The van der Waals surface area contributed by atoms with Crippen LogP contribution in [0.1, 0.15) is 11.3 Å². The molecule has 0 aliphatic heterocycles. The van der Waals surface area contributed by atoms with Gasteiger partial charge in [-0.3, -0.25) is 20.2 Å². The molecule has 0 fully saturated rings. The van der Waals surface area contributed by atoms with Gasteiger partial charge in [0.15, 0.2) is 0 Å². The van der Waals surface area contributed by atoms with Crippen molar-refractivity contribution < 1.29 is 4.92 Å². The zero-order valence-corrected chi connectivity index (χ0v) is 11.0. The van der Waals surface area contributed by atoms with Gasteiger partial charge in [0.1, 0.15) is 6.20 Å². The summed E-state index contributed by atoms with van der Waals surface area (Å²) in [6.45, 7) is 2.22. The Hall–Kier alpha value is -2.75. The van der Waals surface area contributed by atoms with Gasteiger partial charge in [-0.25, -0.2) is 10.8 Å². The number of hydrazine groups is 1. The maximum absolute atomic E-state index is 10.9. The zero-order chi connectivity index (χ0) is 14.7. The second-order valence-corrected chi connectivity index (χ2v) is 4.10. The lowest BCUT2D eigenvalue weighted by molar-refractivity contribution is -0.384. The van der Waals surface area contributed by atoms with Crippen molar-refractivity contribution in [2.24, 2.45) is 12.9 Å². The van der Waals surface area contributed by atoms with Crippen molar-refractivity contribution in [1.29, 1.82) is 0 Å². The van der Waals surface area contributed by atoms with Gasteiger partial charge < -0.3 is 5.32 Å². The van der Waals surface area contributed by atoms with Crippen LogP contribution in [0.15, 0.2) is 12.4 Å². The molecule has 0 aliphatic carbocycles. The van der Waals surface area contributed by atoms with Crippen LogP contribution in [-0.4, -0.2) is 24.7 Å². The third-order valence-corrected chi connectivity index (χ3v) is 2.66. The largest absolute Gasteiger partial charge is 0.360 e. The van der Waals surface area contributed by atoms with Gasteiger partial charge in [0.25, 0.3) is 0 Å². The number of nitrogens with two attached hydrogens (primary N) is 1. The quantitative estimate of drug-likeness (QED) is 0.404. The minimum Gasteiger partial charge on any atom is -0.360 e. The van der Waals surface area contributed by atoms with E-state index in [0.29, 0.717) is 6.54 Å². The fourth-order valence-corrected chi connectivity index (χ4v) is 1.71. The highest BCUT2D eigenvalue weighted by Crippen LogP contribution is 2.22. The van der Waals surface area contributed by atoms with Crippen LogP contribution in [0.2, 0.25) is 0 Å². The van der Waals surface area contributed by atoms with Crippen LogP contribution in [0.4, 0.5) is 17.5 Å². The van der Waals surface area contributed by atoms with E-state index in [1.165, 1.54) is 0 Å². The summed E-state index contributed by atoms with van der Waals surface area (Å²) in [7, 11) is 1.81. The Morgan fingerprint density at radius 3 is 2.85 bits per heavy atom. The molecule has 0 atom stereocenters. The van der Waals surface area contributed by atoms with Crippen LogP contribution >= 0.6 is 0 Å². The molecule has 106 valence electrons. The maximum Gasteiger partial charge on any atom is 0.329 e. The lowest BCUT2D eigenvalue weighted by Gasteiger charge is -2.06. The molecule has 20 heavy (non-hydrogen) atoms. The number of anilines is 2. The van der Waals surface area contributed by atoms with Crippen LogP contribution in [0.3, 0.4) is 0 Å². The molecule has 0 radical (unpaired) electrons. The Morgan fingerprint density at radius 2 is 2.30 bits per heavy atom. The molecule has 10 nitrogen and oxygen atoms in total. The monoisotopic (exact) mass is 278 g/mol. The number of nitrogens with one attached hydrogen (secondary N) is 2. The summed E-state index contributed by atoms with van der Waals surface area (Å²) in [5.74, 6) is 5.39. The summed E-state index contributed by atoms with van der Waals surface area (Å²) in [5, 5.41) is 18.0. The number of hydrogen-bond acceptors (Lipinski definition) is 8. The summed E-state index contributed by atoms with van der Waals surface area (Å²) >= 11 is 0. The van der Waals surface area contributed by atoms with Crippen molar-refractivity contribution in [3.8, 4) is 0 Å². The van der Waals surface area contributed by atoms with Gasteiger partial charge in [0.2, 0.25) is 11.8 Å². The van der Waals surface area contributed by atoms with Crippen molar-refractivity contribution in [1.82, 2.24) is 19.7 Å². The number of nitro groups is 1. The van der Waals surface area contributed by atoms with Gasteiger partial charge in [-0.05, 0) is 6.92 Å². The standard InChI is InChI=1S/C10H14N8O2/c1-6-7(5-17(2)16-6)3-12-9-8(18(19)20)4-13-10(14-9)15-11/h4-5H,3,11H2,1-2H3,(H2,12,13,14,15). The molecule has 2 heterocycles. The summed E-state index contributed by atoms with van der Waals surface area (Å²) < 4.78 is 1.67. The van der Waals surface area contributed by atoms with E-state index in [9.17, 15) is 10.1 Å². The van der Waals surface area contributed by atoms with E-state index in [1.54, 1.807) is 11.7 Å². The SMILES string of the molecule is Cc1nn(C)cc1CNc1nc(NN)ncc1[N+](=O)[O-]. The van der Waals surface area contributed by atoms with Gasteiger partial charge in [-0.2, -0.15) is 10.1 Å². The Kier molecular flexibility index (Phi) is 3.75. The highest BCUT2D eigenvalue weighted by Gasteiger charge is 2.17. The van der Waals surface area contributed by atoms with Crippen molar-refractivity contribution >= 4 is 17.5 Å². The smallest absolute Gasteiger partial charge is 0.329 e. The molecule has 0 bridgehead atoms. The van der Waals surface area contributed by atoms with Crippen molar-refractivity contribution in [3.63, 3.8) is 0 Å². The Balaban J connectivity index is 2.23. The molecule has 0 aliphatic rings. The molecule has 0 amide bonds. The van der Waals surface area contributed by atoms with Gasteiger partial charge >= 0.3 is 5.69 Å². The predicted molar refractivity (Wildman–Crippen MR) is 71.8 cm³/mol. The first kappa shape index (κ1) is 13.7. The van der Waals surface area contributed by atoms with E-state index < -0.39 is 4.92 Å². The van der Waals surface area contributed by atoms with E-state index in [4.69, 9.17) is 5.84 Å². The van der Waals surface area contributed by atoms with Crippen LogP contribution in [0, 0.1) is 17.0 Å². The number of aromatic nitrogens is 4. The van der Waals surface area contributed by atoms with E-state index in [2.05, 4.69) is 25.8 Å². The highest BCUT2D eigenvalue weighted by atomic mass is 16.6. The van der Waals surface area contributed by atoms with Crippen molar-refractivity contribution in [2.45, 2.75) is 13.5 Å². The minimum absolute atomic E-state index is 0.0982. The topological polar surface area (TPSA) is 137 Å². The minimum atomic E-state index is -0.557. The third-order valence-electron chi connectivity index (χ3n) is 2.66. The van der Waals surface area contributed by atoms with Crippen LogP contribution in [0.25, 0.3) is 0 Å². The Labute approximate surface area is 114 Å². The molecule has 4 N–H and O–H groups in total. The molecule has 2 aromatic heterocycles. The molecular formula is C10H14N8O2. The highest BCUT2D eigenvalue weighted by molar-refractivity contribution is 5.57. The average Bonchev–Trinajstić information content (AvgIpc) is 2.74. The number of aryl methyl sites for hydroxylation is 2. The number of nitrogens with zero attached hydrogens (tertiary/aromatic N) is 5. The Bertz CT molecular complexity index is 638. The lowest BCUT2D eigenvalue weighted by atomic mass is 10.2. The summed E-state index contributed by atoms with van der Waals surface area (Å²) in [5.41, 5.74) is 3.79. The fraction of sp³-hybridized carbons (Fsp3) is 0.300. The first-order chi connectivity index (χ1) is 9.51. The molecule has 0 saturated heterocycles. The van der Waals surface area contributed by atoms with Gasteiger partial charge in [-0.1, -0.05) is 0 Å². The molecule has 2 rings (SSSR count). The van der Waals surface area contributed by atoms with Crippen LogP contribution in [0.5, 0.6) is 0 Å². The first-order valence-electron chi connectivity index (χ1n) is 5.72. The molecule has 0 aromatic carbocycles. The predicted octanol–water partition coefficient (Wildman–Crippen LogP) is 0.324. The maximum atomic E-state index is 10.9. The molecule has 0 spiro atoms. The molecule has 0 unspecified atom stereocenters. The Morgan fingerprint density at radius 1 is 1.55 bits per heavy atom. The van der Waals surface area contributed by atoms with E-state index >= 15 is 0 Å². The van der Waals surface area contributed by atoms with Crippen LogP contribution < -0.4 is 16.6 Å². The number of rotatable bonds is 5. The summed E-state index contributed by atoms with van der Waals surface area (Å²) in [4.78, 5) is 18.0. The lowest BCUT2D eigenvalue weighted by Crippen LogP contribution is -2.13. The fourth-order valence-electron chi connectivity index (χ4n) is 1.71. The average molecular weight is 278 g/mol. The zero-order valence-electron chi connectivity index (χ0n) is 11.0. The third kappa shape index (κ3) is 2.80. The molecular weight excluding hydrogens is 264 g/mol. The van der Waals surface area contributed by atoms with E-state index in [0.717, 1.165) is 17.5 Å². The van der Waals surface area contributed by atoms with Crippen molar-refractivity contribution in [3.05, 3.63) is 33.8 Å². The number of nitrogen functional groups attached to an aromatic ring is 1. The molecule has 2 aromatic rings. The van der Waals surface area contributed by atoms with E-state index in [1.807, 2.05) is 13.1 Å².